The number of aromatic nitrogens is 4. The van der Waals surface area contributed by atoms with Crippen LogP contribution in [0.4, 0.5) is 5.69 Å². The summed E-state index contributed by atoms with van der Waals surface area (Å²) in [6.45, 7) is 0.157. The summed E-state index contributed by atoms with van der Waals surface area (Å²) in [4.78, 5) is 34.6. The van der Waals surface area contributed by atoms with E-state index in [1.165, 1.54) is 34.2 Å². The van der Waals surface area contributed by atoms with Gasteiger partial charge in [-0.15, -0.1) is 11.3 Å². The molecule has 3 aromatic heterocycles. The molecule has 0 aliphatic rings. The second-order valence-corrected chi connectivity index (χ2v) is 5.16. The normalized spacial score (nSPS) is 10.5. The molecule has 8 nitrogen and oxygen atoms in total. The topological polar surface area (TPSA) is 104 Å². The predicted molar refractivity (Wildman–Crippen MR) is 79.6 cm³/mol. The highest BCUT2D eigenvalue weighted by molar-refractivity contribution is 7.13. The first-order valence-electron chi connectivity index (χ1n) is 6.21. The Hall–Kier alpha value is -2.94. The molecule has 0 aliphatic carbocycles. The van der Waals surface area contributed by atoms with Gasteiger partial charge in [-0.1, -0.05) is 0 Å². The van der Waals surface area contributed by atoms with E-state index < -0.39 is 16.2 Å². The molecule has 3 rings (SSSR count). The summed E-state index contributed by atoms with van der Waals surface area (Å²) in [6, 6.07) is 4.36. The number of nitrogens with zero attached hydrogens (tertiary/aromatic N) is 5. The zero-order valence-electron chi connectivity index (χ0n) is 11.1. The van der Waals surface area contributed by atoms with E-state index in [1.54, 1.807) is 23.8 Å². The number of rotatable bonds is 4. The Bertz CT molecular complexity index is 875. The molecule has 9 heteroatoms. The fourth-order valence-corrected chi connectivity index (χ4v) is 2.61. The average molecular weight is 315 g/mol. The molecule has 22 heavy (non-hydrogen) atoms. The standard InChI is InChI=1S/C13H9N5O3S/c19-13-10(18(20)21)3-1-6-17(13)7-9-8-22-12(16-9)11-14-4-2-5-15-11/h1-6,8H,7H2. The molecular formula is C13H9N5O3S. The van der Waals surface area contributed by atoms with E-state index in [0.29, 0.717) is 16.5 Å². The first-order valence-corrected chi connectivity index (χ1v) is 7.09. The maximum atomic E-state index is 12.0. The summed E-state index contributed by atoms with van der Waals surface area (Å²) in [5.74, 6) is 0.505. The summed E-state index contributed by atoms with van der Waals surface area (Å²) in [5, 5.41) is 13.2. The molecule has 0 radical (unpaired) electrons. The molecule has 3 heterocycles. The van der Waals surface area contributed by atoms with Crippen LogP contribution in [0.2, 0.25) is 0 Å². The number of hydrogen-bond donors (Lipinski definition) is 0. The van der Waals surface area contributed by atoms with Crippen LogP contribution < -0.4 is 5.56 Å². The monoisotopic (exact) mass is 315 g/mol. The zero-order chi connectivity index (χ0) is 15.5. The maximum Gasteiger partial charge on any atom is 0.334 e. The molecule has 3 aromatic rings. The highest BCUT2D eigenvalue weighted by Gasteiger charge is 2.14. The van der Waals surface area contributed by atoms with Crippen LogP contribution in [0.25, 0.3) is 10.8 Å². The number of pyridine rings is 1. The Labute approximate surface area is 127 Å². The van der Waals surface area contributed by atoms with E-state index in [1.807, 2.05) is 0 Å². The molecule has 0 N–H and O–H groups in total. The van der Waals surface area contributed by atoms with Gasteiger partial charge >= 0.3 is 11.2 Å². The molecule has 0 aliphatic heterocycles. The van der Waals surface area contributed by atoms with Gasteiger partial charge in [0, 0.05) is 30.0 Å². The van der Waals surface area contributed by atoms with Crippen molar-refractivity contribution >= 4 is 17.0 Å². The lowest BCUT2D eigenvalue weighted by Gasteiger charge is -2.02. The fraction of sp³-hybridized carbons (Fsp3) is 0.0769. The molecule has 0 fully saturated rings. The third-order valence-electron chi connectivity index (χ3n) is 2.84. The molecule has 0 unspecified atom stereocenters. The molecule has 0 saturated heterocycles. The van der Waals surface area contributed by atoms with Gasteiger partial charge < -0.3 is 4.57 Å². The van der Waals surface area contributed by atoms with E-state index in [0.717, 1.165) is 0 Å². The SMILES string of the molecule is O=c1c([N+](=O)[O-])cccn1Cc1csc(-c2ncccn2)n1. The smallest absolute Gasteiger partial charge is 0.304 e. The second kappa shape index (κ2) is 5.82. The summed E-state index contributed by atoms with van der Waals surface area (Å²) >= 11 is 1.35. The molecule has 0 aromatic carbocycles. The largest absolute Gasteiger partial charge is 0.334 e. The van der Waals surface area contributed by atoms with Gasteiger partial charge in [-0.25, -0.2) is 15.0 Å². The molecule has 0 atom stereocenters. The first kappa shape index (κ1) is 14.0. The van der Waals surface area contributed by atoms with Crippen LogP contribution in [-0.4, -0.2) is 24.4 Å². The van der Waals surface area contributed by atoms with Gasteiger partial charge in [0.1, 0.15) is 0 Å². The third kappa shape index (κ3) is 2.74. The van der Waals surface area contributed by atoms with Crippen LogP contribution in [0.15, 0.2) is 47.0 Å². The Morgan fingerprint density at radius 2 is 2.05 bits per heavy atom. The third-order valence-corrected chi connectivity index (χ3v) is 3.72. The second-order valence-electron chi connectivity index (χ2n) is 4.30. The summed E-state index contributed by atoms with van der Waals surface area (Å²) in [7, 11) is 0. The van der Waals surface area contributed by atoms with Crippen molar-refractivity contribution in [2.24, 2.45) is 0 Å². The first-order chi connectivity index (χ1) is 10.6. The van der Waals surface area contributed by atoms with Crippen LogP contribution >= 0.6 is 11.3 Å². The predicted octanol–water partition coefficient (Wildman–Crippen LogP) is 1.72. The van der Waals surface area contributed by atoms with Crippen molar-refractivity contribution < 1.29 is 4.92 Å². The van der Waals surface area contributed by atoms with Crippen molar-refractivity contribution in [1.29, 1.82) is 0 Å². The van der Waals surface area contributed by atoms with Crippen molar-refractivity contribution in [2.75, 3.05) is 0 Å². The van der Waals surface area contributed by atoms with Gasteiger partial charge in [0.15, 0.2) is 10.8 Å². The van der Waals surface area contributed by atoms with Crippen LogP contribution in [0.1, 0.15) is 5.69 Å². The van der Waals surface area contributed by atoms with Gasteiger partial charge in [0.25, 0.3) is 0 Å². The number of thiazole rings is 1. The van der Waals surface area contributed by atoms with Crippen molar-refractivity contribution in [3.63, 3.8) is 0 Å². The molecular weight excluding hydrogens is 306 g/mol. The fourth-order valence-electron chi connectivity index (χ4n) is 1.85. The Balaban J connectivity index is 1.89. The van der Waals surface area contributed by atoms with Gasteiger partial charge in [-0.2, -0.15) is 0 Å². The van der Waals surface area contributed by atoms with Crippen molar-refractivity contribution in [3.8, 4) is 10.8 Å². The van der Waals surface area contributed by atoms with Crippen LogP contribution in [-0.2, 0) is 6.54 Å². The zero-order valence-corrected chi connectivity index (χ0v) is 11.9. The lowest BCUT2D eigenvalue weighted by atomic mass is 10.4. The van der Waals surface area contributed by atoms with E-state index in [-0.39, 0.29) is 6.54 Å². The minimum Gasteiger partial charge on any atom is -0.304 e. The minimum absolute atomic E-state index is 0.157. The van der Waals surface area contributed by atoms with Gasteiger partial charge in [0.2, 0.25) is 0 Å². The Kier molecular flexibility index (Phi) is 3.71. The Morgan fingerprint density at radius 1 is 1.27 bits per heavy atom. The molecule has 0 bridgehead atoms. The van der Waals surface area contributed by atoms with Crippen molar-refractivity contribution in [2.45, 2.75) is 6.54 Å². The highest BCUT2D eigenvalue weighted by Crippen LogP contribution is 2.19. The van der Waals surface area contributed by atoms with E-state index in [9.17, 15) is 14.9 Å². The average Bonchev–Trinajstić information content (AvgIpc) is 2.98. The van der Waals surface area contributed by atoms with Crippen LogP contribution in [0, 0.1) is 10.1 Å². The van der Waals surface area contributed by atoms with Crippen LogP contribution in [0.5, 0.6) is 0 Å². The molecule has 110 valence electrons. The summed E-state index contributed by atoms with van der Waals surface area (Å²) in [6.07, 6.45) is 4.73. The number of nitro groups is 1. The van der Waals surface area contributed by atoms with Crippen molar-refractivity contribution in [1.82, 2.24) is 19.5 Å². The molecule has 0 spiro atoms. The molecule has 0 amide bonds. The summed E-state index contributed by atoms with van der Waals surface area (Å²) < 4.78 is 1.25. The Morgan fingerprint density at radius 3 is 2.77 bits per heavy atom. The number of hydrogen-bond acceptors (Lipinski definition) is 7. The van der Waals surface area contributed by atoms with Crippen molar-refractivity contribution in [3.05, 3.63) is 68.3 Å². The van der Waals surface area contributed by atoms with E-state index in [4.69, 9.17) is 0 Å². The van der Waals surface area contributed by atoms with Gasteiger partial charge in [-0.3, -0.25) is 14.9 Å². The molecule has 0 saturated carbocycles. The quantitative estimate of drug-likeness (QED) is 0.536. The maximum absolute atomic E-state index is 12.0. The van der Waals surface area contributed by atoms with Crippen LogP contribution in [0.3, 0.4) is 0 Å². The lowest BCUT2D eigenvalue weighted by Crippen LogP contribution is -2.22. The van der Waals surface area contributed by atoms with Gasteiger partial charge in [0.05, 0.1) is 17.2 Å². The lowest BCUT2D eigenvalue weighted by molar-refractivity contribution is -0.386. The van der Waals surface area contributed by atoms with E-state index >= 15 is 0 Å². The minimum atomic E-state index is -0.691. The highest BCUT2D eigenvalue weighted by atomic mass is 32.1. The van der Waals surface area contributed by atoms with Gasteiger partial charge in [-0.05, 0) is 12.1 Å². The van der Waals surface area contributed by atoms with E-state index in [2.05, 4.69) is 15.0 Å². The summed E-state index contributed by atoms with van der Waals surface area (Å²) in [5.41, 5.74) is -0.489.